The standard InChI is InChI=1S/C20H32ClN3O2S/c1-4-16(26-19-12-7-6-11-18(19)21)14-23-20(22-3)24-15-9-8-10-17(13-15)27(25)5-2/h6-7,11-12,15-17H,4-5,8-10,13-14H2,1-3H3,(H2,22,23,24). The summed E-state index contributed by atoms with van der Waals surface area (Å²) in [6.07, 6.45) is 5.05. The maximum absolute atomic E-state index is 12.1. The third kappa shape index (κ3) is 7.00. The Morgan fingerprint density at radius 1 is 1.37 bits per heavy atom. The van der Waals surface area contributed by atoms with E-state index in [0.29, 0.717) is 28.6 Å². The fourth-order valence-electron chi connectivity index (χ4n) is 3.34. The van der Waals surface area contributed by atoms with Crippen molar-refractivity contribution in [2.45, 2.75) is 63.3 Å². The van der Waals surface area contributed by atoms with Gasteiger partial charge >= 0.3 is 0 Å². The van der Waals surface area contributed by atoms with Crippen molar-refractivity contribution in [2.75, 3.05) is 19.3 Å². The van der Waals surface area contributed by atoms with Gasteiger partial charge in [-0.1, -0.05) is 44.0 Å². The molecule has 27 heavy (non-hydrogen) atoms. The van der Waals surface area contributed by atoms with Crippen LogP contribution in [0.3, 0.4) is 0 Å². The third-order valence-electron chi connectivity index (χ3n) is 4.93. The highest BCUT2D eigenvalue weighted by Crippen LogP contribution is 2.25. The minimum Gasteiger partial charge on any atom is -0.487 e. The highest BCUT2D eigenvalue weighted by atomic mass is 35.5. The number of para-hydroxylation sites is 1. The summed E-state index contributed by atoms with van der Waals surface area (Å²) in [4.78, 5) is 4.34. The Labute approximate surface area is 170 Å². The second-order valence-corrected chi connectivity index (χ2v) is 9.24. The molecule has 1 aliphatic rings. The first-order valence-electron chi connectivity index (χ1n) is 9.82. The van der Waals surface area contributed by atoms with Crippen LogP contribution >= 0.6 is 11.6 Å². The highest BCUT2D eigenvalue weighted by molar-refractivity contribution is 7.85. The Balaban J connectivity index is 1.85. The minimum atomic E-state index is -0.721. The number of hydrogen-bond acceptors (Lipinski definition) is 3. The highest BCUT2D eigenvalue weighted by Gasteiger charge is 2.26. The number of halogens is 1. The van der Waals surface area contributed by atoms with Gasteiger partial charge in [0.05, 0.1) is 11.6 Å². The van der Waals surface area contributed by atoms with Gasteiger partial charge in [-0.15, -0.1) is 0 Å². The van der Waals surface area contributed by atoms with Crippen LogP contribution in [0.15, 0.2) is 29.3 Å². The summed E-state index contributed by atoms with van der Waals surface area (Å²) in [5.41, 5.74) is 0. The molecular weight excluding hydrogens is 382 g/mol. The molecular formula is C20H32ClN3O2S. The van der Waals surface area contributed by atoms with Gasteiger partial charge in [-0.2, -0.15) is 0 Å². The number of nitrogens with zero attached hydrogens (tertiary/aromatic N) is 1. The predicted molar refractivity (Wildman–Crippen MR) is 115 cm³/mol. The van der Waals surface area contributed by atoms with E-state index in [4.69, 9.17) is 16.3 Å². The average Bonchev–Trinajstić information content (AvgIpc) is 2.70. The van der Waals surface area contributed by atoms with Gasteiger partial charge in [0, 0.05) is 34.9 Å². The molecule has 0 bridgehead atoms. The summed E-state index contributed by atoms with van der Waals surface area (Å²) in [6, 6.07) is 7.84. The molecule has 1 aliphatic carbocycles. The number of ether oxygens (including phenoxy) is 1. The Morgan fingerprint density at radius 3 is 2.81 bits per heavy atom. The van der Waals surface area contributed by atoms with E-state index in [1.807, 2.05) is 31.2 Å². The second kappa shape index (κ2) is 11.5. The molecule has 1 aromatic rings. The number of aliphatic imine (C=N–C) groups is 1. The van der Waals surface area contributed by atoms with Gasteiger partial charge in [0.1, 0.15) is 11.9 Å². The molecule has 1 fully saturated rings. The van der Waals surface area contributed by atoms with Gasteiger partial charge < -0.3 is 15.4 Å². The zero-order valence-corrected chi connectivity index (χ0v) is 18.1. The third-order valence-corrected chi connectivity index (χ3v) is 6.98. The lowest BCUT2D eigenvalue weighted by Gasteiger charge is -2.30. The van der Waals surface area contributed by atoms with Crippen molar-refractivity contribution in [1.82, 2.24) is 10.6 Å². The van der Waals surface area contributed by atoms with Crippen LogP contribution in [0.2, 0.25) is 5.02 Å². The molecule has 2 rings (SSSR count). The number of benzene rings is 1. The van der Waals surface area contributed by atoms with Crippen LogP contribution in [0.5, 0.6) is 5.75 Å². The van der Waals surface area contributed by atoms with Crippen molar-refractivity contribution in [3.63, 3.8) is 0 Å². The predicted octanol–water partition coefficient (Wildman–Crippen LogP) is 3.74. The molecule has 5 nitrogen and oxygen atoms in total. The van der Waals surface area contributed by atoms with Crippen LogP contribution in [0, 0.1) is 0 Å². The number of nitrogens with one attached hydrogen (secondary N) is 2. The maximum Gasteiger partial charge on any atom is 0.191 e. The van der Waals surface area contributed by atoms with Crippen LogP contribution in [0.1, 0.15) is 46.0 Å². The Bertz CT molecular complexity index is 641. The molecule has 0 radical (unpaired) electrons. The Morgan fingerprint density at radius 2 is 2.15 bits per heavy atom. The van der Waals surface area contributed by atoms with E-state index in [1.165, 1.54) is 0 Å². The largest absolute Gasteiger partial charge is 0.487 e. The summed E-state index contributed by atoms with van der Waals surface area (Å²) in [7, 11) is 1.05. The summed E-state index contributed by atoms with van der Waals surface area (Å²) >= 11 is 6.19. The Hall–Kier alpha value is -1.27. The summed E-state index contributed by atoms with van der Waals surface area (Å²) in [5, 5.41) is 7.77. The van der Waals surface area contributed by atoms with Crippen molar-refractivity contribution >= 4 is 28.4 Å². The average molecular weight is 414 g/mol. The van der Waals surface area contributed by atoms with Crippen LogP contribution < -0.4 is 15.4 Å². The first kappa shape index (κ1) is 22.0. The van der Waals surface area contributed by atoms with Gasteiger partial charge in [-0.25, -0.2) is 0 Å². The second-order valence-electron chi connectivity index (χ2n) is 6.83. The van der Waals surface area contributed by atoms with Gasteiger partial charge in [0.2, 0.25) is 0 Å². The molecule has 0 saturated heterocycles. The van der Waals surface area contributed by atoms with Crippen molar-refractivity contribution in [1.29, 1.82) is 0 Å². The van der Waals surface area contributed by atoms with Gasteiger partial charge in [-0.3, -0.25) is 9.20 Å². The first-order chi connectivity index (χ1) is 13.1. The summed E-state index contributed by atoms with van der Waals surface area (Å²) in [5.74, 6) is 2.21. The molecule has 0 aliphatic heterocycles. The van der Waals surface area contributed by atoms with Crippen molar-refractivity contribution in [2.24, 2.45) is 4.99 Å². The molecule has 4 unspecified atom stereocenters. The Kier molecular flexibility index (Phi) is 9.42. The molecule has 1 aromatic carbocycles. The monoisotopic (exact) mass is 413 g/mol. The normalized spacial score (nSPS) is 22.7. The van der Waals surface area contributed by atoms with Crippen molar-refractivity contribution in [3.8, 4) is 5.75 Å². The fourth-order valence-corrected chi connectivity index (χ4v) is 4.87. The molecule has 4 atom stereocenters. The van der Waals surface area contributed by atoms with E-state index in [2.05, 4.69) is 22.5 Å². The van der Waals surface area contributed by atoms with Crippen LogP contribution in [-0.2, 0) is 10.8 Å². The molecule has 1 saturated carbocycles. The van der Waals surface area contributed by atoms with E-state index >= 15 is 0 Å². The quantitative estimate of drug-likeness (QED) is 0.503. The molecule has 2 N–H and O–H groups in total. The van der Waals surface area contributed by atoms with Crippen LogP contribution in [-0.4, -0.2) is 46.9 Å². The maximum atomic E-state index is 12.1. The molecule has 0 aromatic heterocycles. The number of hydrogen-bond donors (Lipinski definition) is 2. The summed E-state index contributed by atoms with van der Waals surface area (Å²) in [6.45, 7) is 4.72. The molecule has 152 valence electrons. The van der Waals surface area contributed by atoms with Crippen molar-refractivity contribution < 1.29 is 8.95 Å². The molecule has 0 heterocycles. The van der Waals surface area contributed by atoms with E-state index in [9.17, 15) is 4.21 Å². The first-order valence-corrected chi connectivity index (χ1v) is 11.6. The molecule has 0 spiro atoms. The zero-order valence-electron chi connectivity index (χ0n) is 16.5. The van der Waals surface area contributed by atoms with E-state index in [-0.39, 0.29) is 6.10 Å². The summed E-state index contributed by atoms with van der Waals surface area (Å²) < 4.78 is 18.2. The minimum absolute atomic E-state index is 0.00449. The molecule has 7 heteroatoms. The van der Waals surface area contributed by atoms with Gasteiger partial charge in [0.25, 0.3) is 0 Å². The lowest BCUT2D eigenvalue weighted by Crippen LogP contribution is -2.48. The lowest BCUT2D eigenvalue weighted by molar-refractivity contribution is 0.199. The SMILES string of the molecule is CCC(CNC(=NC)NC1CCCC(S(=O)CC)C1)Oc1ccccc1Cl. The lowest BCUT2D eigenvalue weighted by atomic mass is 9.95. The van der Waals surface area contributed by atoms with Gasteiger partial charge in [-0.05, 0) is 37.8 Å². The molecule has 0 amide bonds. The topological polar surface area (TPSA) is 62.7 Å². The van der Waals surface area contributed by atoms with Crippen LogP contribution in [0.25, 0.3) is 0 Å². The van der Waals surface area contributed by atoms with Gasteiger partial charge in [0.15, 0.2) is 5.96 Å². The van der Waals surface area contributed by atoms with E-state index in [0.717, 1.165) is 43.8 Å². The van der Waals surface area contributed by atoms with E-state index in [1.54, 1.807) is 7.05 Å². The number of rotatable bonds is 8. The smallest absolute Gasteiger partial charge is 0.191 e. The number of guanidine groups is 1. The van der Waals surface area contributed by atoms with E-state index < -0.39 is 10.8 Å². The fraction of sp³-hybridized carbons (Fsp3) is 0.650. The zero-order chi connectivity index (χ0) is 19.6. The van der Waals surface area contributed by atoms with Crippen LogP contribution in [0.4, 0.5) is 0 Å². The van der Waals surface area contributed by atoms with Crippen molar-refractivity contribution in [3.05, 3.63) is 29.3 Å².